The lowest BCUT2D eigenvalue weighted by Crippen LogP contribution is -2.49. The predicted octanol–water partition coefficient (Wildman–Crippen LogP) is 1.62. The number of hydrogen-bond acceptors (Lipinski definition) is 6. The maximum atomic E-state index is 13.6. The lowest BCUT2D eigenvalue weighted by molar-refractivity contribution is -0.122. The van der Waals surface area contributed by atoms with Gasteiger partial charge in [0.15, 0.2) is 0 Å². The second kappa shape index (κ2) is 9.76. The van der Waals surface area contributed by atoms with Gasteiger partial charge in [0.05, 0.1) is 12.1 Å². The van der Waals surface area contributed by atoms with E-state index in [1.165, 1.54) is 3.97 Å². The van der Waals surface area contributed by atoms with Crippen LogP contribution in [0.5, 0.6) is 0 Å². The molecule has 1 fully saturated rings. The fraction of sp³-hybridized carbons (Fsp3) is 0.409. The number of halogens is 1. The molecule has 1 atom stereocenters. The van der Waals surface area contributed by atoms with Crippen LogP contribution in [0.15, 0.2) is 54.8 Å². The van der Waals surface area contributed by atoms with E-state index >= 15 is 0 Å². The van der Waals surface area contributed by atoms with E-state index in [1.807, 2.05) is 36.4 Å². The van der Waals surface area contributed by atoms with Crippen molar-refractivity contribution < 1.29 is 13.2 Å². The number of para-hydroxylation sites is 1. The van der Waals surface area contributed by atoms with Gasteiger partial charge in [-0.15, -0.1) is 12.4 Å². The van der Waals surface area contributed by atoms with Gasteiger partial charge in [-0.2, -0.15) is 0 Å². The van der Waals surface area contributed by atoms with Crippen molar-refractivity contribution in [3.63, 3.8) is 0 Å². The van der Waals surface area contributed by atoms with Crippen molar-refractivity contribution in [2.45, 2.75) is 24.6 Å². The highest BCUT2D eigenvalue weighted by atomic mass is 35.5. The average molecular weight is 480 g/mol. The van der Waals surface area contributed by atoms with E-state index < -0.39 is 14.8 Å². The summed E-state index contributed by atoms with van der Waals surface area (Å²) in [6.07, 6.45) is 9.59. The third-order valence-electron chi connectivity index (χ3n) is 6.21. The largest absolute Gasteiger partial charge is 0.296 e. The monoisotopic (exact) mass is 479 g/mol. The number of nitrogens with one attached hydrogen (secondary N) is 1. The maximum Gasteiger partial charge on any atom is 0.248 e. The van der Waals surface area contributed by atoms with Crippen molar-refractivity contribution in [3.05, 3.63) is 60.3 Å². The van der Waals surface area contributed by atoms with Gasteiger partial charge < -0.3 is 0 Å². The predicted molar refractivity (Wildman–Crippen MR) is 129 cm³/mol. The number of rotatable bonds is 6. The highest BCUT2D eigenvalue weighted by Crippen LogP contribution is 2.33. The van der Waals surface area contributed by atoms with E-state index in [0.29, 0.717) is 25.0 Å². The Morgan fingerprint density at radius 2 is 1.81 bits per heavy atom. The van der Waals surface area contributed by atoms with E-state index in [1.54, 1.807) is 25.3 Å². The normalized spacial score (nSPS) is 22.1. The Hall–Kier alpha value is -2.17. The molecule has 2 aromatic rings. The van der Waals surface area contributed by atoms with Crippen LogP contribution in [0, 0.1) is 0 Å². The molecule has 0 bridgehead atoms. The Labute approximate surface area is 195 Å². The van der Waals surface area contributed by atoms with Gasteiger partial charge in [0.1, 0.15) is 4.75 Å². The van der Waals surface area contributed by atoms with Crippen molar-refractivity contribution in [2.75, 3.05) is 32.7 Å². The van der Waals surface area contributed by atoms with E-state index in [2.05, 4.69) is 15.2 Å². The first kappa shape index (κ1) is 24.5. The number of benzene rings is 1. The van der Waals surface area contributed by atoms with Crippen LogP contribution < -0.4 is 11.3 Å². The summed E-state index contributed by atoms with van der Waals surface area (Å²) in [5, 5.41) is 0.954. The van der Waals surface area contributed by atoms with Crippen LogP contribution >= 0.6 is 12.4 Å². The minimum atomic E-state index is -3.64. The highest BCUT2D eigenvalue weighted by molar-refractivity contribution is 7.91. The van der Waals surface area contributed by atoms with Gasteiger partial charge in [-0.05, 0) is 25.0 Å². The lowest BCUT2D eigenvalue weighted by Gasteiger charge is -2.34. The first-order valence-electron chi connectivity index (χ1n) is 10.5. The van der Waals surface area contributed by atoms with E-state index in [0.717, 1.165) is 37.1 Å². The van der Waals surface area contributed by atoms with Crippen LogP contribution in [0.3, 0.4) is 0 Å². The Bertz CT molecular complexity index is 1140. The number of nitrogens with zero attached hydrogens (tertiary/aromatic N) is 3. The van der Waals surface area contributed by atoms with Crippen LogP contribution in [0.25, 0.3) is 10.9 Å². The number of hydrogen-bond donors (Lipinski definition) is 2. The van der Waals surface area contributed by atoms with Gasteiger partial charge in [-0.1, -0.05) is 42.5 Å². The Morgan fingerprint density at radius 3 is 2.47 bits per heavy atom. The van der Waals surface area contributed by atoms with Crippen LogP contribution in [-0.2, 0) is 21.4 Å². The van der Waals surface area contributed by atoms with Gasteiger partial charge in [-0.25, -0.2) is 18.2 Å². The van der Waals surface area contributed by atoms with Crippen LogP contribution in [0.2, 0.25) is 0 Å². The molecular formula is C22H30ClN5O3S. The second-order valence-corrected chi connectivity index (χ2v) is 10.7. The van der Waals surface area contributed by atoms with Crippen molar-refractivity contribution >= 4 is 39.2 Å². The topological polar surface area (TPSA) is 101 Å². The molecule has 10 heteroatoms. The second-order valence-electron chi connectivity index (χ2n) is 8.40. The molecule has 0 radical (unpaired) electrons. The number of carbonyl (C=O) groups excluding carboxylic acids is 1. The molecule has 0 saturated carbocycles. The molecule has 2 aliphatic rings. The molecule has 1 aromatic heterocycles. The number of hydrazine groups is 1. The SMILES string of the molecule is CC1(S(=O)(=O)n2cc(CN3CCN(CC(=O)NN)CC3)c3ccccc32)C=CC=CC1.Cl. The molecular weight excluding hydrogens is 450 g/mol. The Morgan fingerprint density at radius 1 is 1.12 bits per heavy atom. The number of carbonyl (C=O) groups is 1. The minimum absolute atomic E-state index is 0. The van der Waals surface area contributed by atoms with E-state index in [9.17, 15) is 13.2 Å². The Balaban J connectivity index is 0.00000289. The standard InChI is InChI=1S/C22H29N5O3S.ClH/c1-22(9-5-2-6-10-22)31(29,30)27-16-18(19-7-3-4-8-20(19)27)15-25-11-13-26(14-12-25)17-21(28)24-23;/h2-9,16H,10-15,17,23H2,1H3,(H,24,28);1H. The molecule has 0 spiro atoms. The third kappa shape index (κ3) is 4.62. The fourth-order valence-electron chi connectivity index (χ4n) is 4.26. The van der Waals surface area contributed by atoms with Crippen LogP contribution in [-0.4, -0.2) is 65.6 Å². The summed E-state index contributed by atoms with van der Waals surface area (Å²) in [5.41, 5.74) is 3.87. The number of amides is 1. The number of fused-ring (bicyclic) bond motifs is 1. The summed E-state index contributed by atoms with van der Waals surface area (Å²) in [6.45, 7) is 5.85. The molecule has 174 valence electrons. The zero-order chi connectivity index (χ0) is 22.1. The number of nitrogens with two attached hydrogens (primary N) is 1. The zero-order valence-corrected chi connectivity index (χ0v) is 19.7. The number of allylic oxidation sites excluding steroid dienone is 3. The summed E-state index contributed by atoms with van der Waals surface area (Å²) in [6, 6.07) is 7.67. The quantitative estimate of drug-likeness (QED) is 0.371. The minimum Gasteiger partial charge on any atom is -0.296 e. The summed E-state index contributed by atoms with van der Waals surface area (Å²) < 4.78 is 27.7. The molecule has 4 rings (SSSR count). The molecule has 3 N–H and O–H groups in total. The highest BCUT2D eigenvalue weighted by Gasteiger charge is 2.39. The molecule has 8 nitrogen and oxygen atoms in total. The molecule has 1 aliphatic heterocycles. The van der Waals surface area contributed by atoms with Gasteiger partial charge in [0, 0.05) is 44.3 Å². The van der Waals surface area contributed by atoms with Crippen molar-refractivity contribution in [3.8, 4) is 0 Å². The maximum absolute atomic E-state index is 13.6. The molecule has 1 saturated heterocycles. The Kier molecular flexibility index (Phi) is 7.46. The first-order chi connectivity index (χ1) is 14.8. The van der Waals surface area contributed by atoms with Gasteiger partial charge in [0.2, 0.25) is 15.9 Å². The van der Waals surface area contributed by atoms with Crippen molar-refractivity contribution in [1.29, 1.82) is 0 Å². The molecule has 1 aliphatic carbocycles. The first-order valence-corrected chi connectivity index (χ1v) is 11.9. The third-order valence-corrected chi connectivity index (χ3v) is 8.52. The number of piperazine rings is 1. The van der Waals surface area contributed by atoms with Gasteiger partial charge in [0.25, 0.3) is 0 Å². The van der Waals surface area contributed by atoms with Gasteiger partial charge >= 0.3 is 0 Å². The van der Waals surface area contributed by atoms with Crippen LogP contribution in [0.4, 0.5) is 0 Å². The van der Waals surface area contributed by atoms with E-state index in [-0.39, 0.29) is 18.3 Å². The molecule has 2 heterocycles. The molecule has 1 unspecified atom stereocenters. The number of aromatic nitrogens is 1. The van der Waals surface area contributed by atoms with Crippen LogP contribution in [0.1, 0.15) is 18.9 Å². The summed E-state index contributed by atoms with van der Waals surface area (Å²) in [5.74, 6) is 4.98. The average Bonchev–Trinajstić information content (AvgIpc) is 3.14. The van der Waals surface area contributed by atoms with Crippen molar-refractivity contribution in [1.82, 2.24) is 19.2 Å². The zero-order valence-electron chi connectivity index (χ0n) is 18.1. The van der Waals surface area contributed by atoms with Gasteiger partial charge in [-0.3, -0.25) is 20.0 Å². The smallest absolute Gasteiger partial charge is 0.248 e. The molecule has 1 amide bonds. The summed E-state index contributed by atoms with van der Waals surface area (Å²) in [4.78, 5) is 15.9. The summed E-state index contributed by atoms with van der Waals surface area (Å²) in [7, 11) is -3.64. The lowest BCUT2D eigenvalue weighted by atomic mass is 10.0. The summed E-state index contributed by atoms with van der Waals surface area (Å²) >= 11 is 0. The molecule has 1 aromatic carbocycles. The molecule has 32 heavy (non-hydrogen) atoms. The van der Waals surface area contributed by atoms with Crippen molar-refractivity contribution in [2.24, 2.45) is 5.84 Å². The fourth-order valence-corrected chi connectivity index (χ4v) is 5.95. The van der Waals surface area contributed by atoms with E-state index in [4.69, 9.17) is 5.84 Å².